The van der Waals surface area contributed by atoms with E-state index in [9.17, 15) is 0 Å². The second-order valence-electron chi connectivity index (χ2n) is 3.85. The lowest BCUT2D eigenvalue weighted by Gasteiger charge is -2.27. The molecule has 1 rings (SSSR count). The summed E-state index contributed by atoms with van der Waals surface area (Å²) in [5, 5.41) is 0. The van der Waals surface area contributed by atoms with Crippen molar-refractivity contribution in [2.75, 3.05) is 19.8 Å². The fraction of sp³-hybridized carbons (Fsp3) is 1.00. The van der Waals surface area contributed by atoms with Gasteiger partial charge in [0.1, 0.15) is 0 Å². The first-order valence-electron chi connectivity index (χ1n) is 5.03. The van der Waals surface area contributed by atoms with Gasteiger partial charge in [-0.2, -0.15) is 0 Å². The smallest absolute Gasteiger partial charge is 0.0518 e. The van der Waals surface area contributed by atoms with Gasteiger partial charge >= 0.3 is 0 Å². The number of hydrogen-bond donors (Lipinski definition) is 0. The monoisotopic (exact) mass is 250 g/mol. The molecule has 0 aliphatic carbocycles. The second kappa shape index (κ2) is 5.99. The molecule has 13 heavy (non-hydrogen) atoms. The molecule has 0 aromatic carbocycles. The summed E-state index contributed by atoms with van der Waals surface area (Å²) in [7, 11) is 0. The average molecular weight is 251 g/mol. The maximum atomic E-state index is 5.52. The molecule has 1 aliphatic rings. The van der Waals surface area contributed by atoms with Crippen LogP contribution in [-0.2, 0) is 9.47 Å². The highest BCUT2D eigenvalue weighted by atomic mass is 79.9. The lowest BCUT2D eigenvalue weighted by Crippen LogP contribution is -2.29. The molecular formula is C10H19BrO2. The van der Waals surface area contributed by atoms with Crippen molar-refractivity contribution in [2.45, 2.75) is 37.6 Å². The van der Waals surface area contributed by atoms with Crippen LogP contribution in [0, 0.1) is 5.92 Å². The molecule has 0 spiro atoms. The Balaban J connectivity index is 2.11. The first kappa shape index (κ1) is 11.5. The van der Waals surface area contributed by atoms with Crippen molar-refractivity contribution in [3.05, 3.63) is 0 Å². The van der Waals surface area contributed by atoms with Crippen molar-refractivity contribution in [1.82, 2.24) is 0 Å². The van der Waals surface area contributed by atoms with Crippen LogP contribution in [0.1, 0.15) is 26.7 Å². The molecular weight excluding hydrogens is 232 g/mol. The molecule has 0 aromatic rings. The molecule has 0 aromatic heterocycles. The summed E-state index contributed by atoms with van der Waals surface area (Å²) in [6, 6.07) is 0. The minimum Gasteiger partial charge on any atom is -0.381 e. The number of halogens is 1. The molecule has 1 saturated heterocycles. The normalized spacial score (nSPS) is 29.5. The lowest BCUT2D eigenvalue weighted by molar-refractivity contribution is 0.0255. The van der Waals surface area contributed by atoms with E-state index in [2.05, 4.69) is 29.8 Å². The van der Waals surface area contributed by atoms with Crippen LogP contribution < -0.4 is 0 Å². The number of hydrogen-bond acceptors (Lipinski definition) is 2. The maximum absolute atomic E-state index is 5.52. The van der Waals surface area contributed by atoms with E-state index in [0.29, 0.717) is 16.8 Å². The first-order valence-corrected chi connectivity index (χ1v) is 5.95. The Morgan fingerprint density at radius 1 is 1.54 bits per heavy atom. The maximum Gasteiger partial charge on any atom is 0.0518 e. The van der Waals surface area contributed by atoms with Crippen LogP contribution in [-0.4, -0.2) is 30.8 Å². The van der Waals surface area contributed by atoms with E-state index in [-0.39, 0.29) is 0 Å². The van der Waals surface area contributed by atoms with Crippen LogP contribution in [0.2, 0.25) is 0 Å². The van der Waals surface area contributed by atoms with Gasteiger partial charge in [0.25, 0.3) is 0 Å². The van der Waals surface area contributed by atoms with Gasteiger partial charge in [0, 0.05) is 18.0 Å². The summed E-state index contributed by atoms with van der Waals surface area (Å²) < 4.78 is 10.9. The molecule has 0 radical (unpaired) electrons. The van der Waals surface area contributed by atoms with Crippen molar-refractivity contribution in [3.63, 3.8) is 0 Å². The van der Waals surface area contributed by atoms with Crippen molar-refractivity contribution < 1.29 is 9.47 Å². The molecule has 78 valence electrons. The van der Waals surface area contributed by atoms with Crippen LogP contribution in [0.5, 0.6) is 0 Å². The fourth-order valence-electron chi connectivity index (χ4n) is 1.49. The molecule has 1 heterocycles. The molecule has 0 saturated carbocycles. The Morgan fingerprint density at radius 2 is 2.31 bits per heavy atom. The van der Waals surface area contributed by atoms with Crippen molar-refractivity contribution in [2.24, 2.45) is 5.92 Å². The summed E-state index contributed by atoms with van der Waals surface area (Å²) in [6.45, 7) is 6.79. The molecule has 3 heteroatoms. The highest BCUT2D eigenvalue weighted by Crippen LogP contribution is 2.24. The Hall–Kier alpha value is 0.400. The van der Waals surface area contributed by atoms with E-state index in [1.165, 1.54) is 0 Å². The molecule has 1 fully saturated rings. The zero-order valence-corrected chi connectivity index (χ0v) is 10.0. The standard InChI is InChI=1S/C10H19BrO2/c1-8(2)13-6-3-9-7-12-5-4-10(9)11/h8-10H,3-7H2,1-2H3. The van der Waals surface area contributed by atoms with Crippen LogP contribution >= 0.6 is 15.9 Å². The largest absolute Gasteiger partial charge is 0.381 e. The van der Waals surface area contributed by atoms with Crippen LogP contribution in [0.3, 0.4) is 0 Å². The van der Waals surface area contributed by atoms with Crippen molar-refractivity contribution in [3.8, 4) is 0 Å². The van der Waals surface area contributed by atoms with E-state index in [1.807, 2.05) is 0 Å². The van der Waals surface area contributed by atoms with Gasteiger partial charge in [-0.15, -0.1) is 0 Å². The SMILES string of the molecule is CC(C)OCCC1COCCC1Br. The molecule has 2 unspecified atom stereocenters. The zero-order chi connectivity index (χ0) is 9.68. The van der Waals surface area contributed by atoms with Crippen LogP contribution in [0.4, 0.5) is 0 Å². The third-order valence-corrected chi connectivity index (χ3v) is 3.53. The summed E-state index contributed by atoms with van der Waals surface area (Å²) in [5.41, 5.74) is 0. The van der Waals surface area contributed by atoms with E-state index in [1.54, 1.807) is 0 Å². The fourth-order valence-corrected chi connectivity index (χ4v) is 2.09. The van der Waals surface area contributed by atoms with Gasteiger partial charge in [0.15, 0.2) is 0 Å². The van der Waals surface area contributed by atoms with Crippen molar-refractivity contribution >= 4 is 15.9 Å². The topological polar surface area (TPSA) is 18.5 Å². The highest BCUT2D eigenvalue weighted by molar-refractivity contribution is 9.09. The Labute approximate surface area is 89.1 Å². The zero-order valence-electron chi connectivity index (χ0n) is 8.46. The van der Waals surface area contributed by atoms with Gasteiger partial charge < -0.3 is 9.47 Å². The van der Waals surface area contributed by atoms with E-state index in [0.717, 1.165) is 32.7 Å². The van der Waals surface area contributed by atoms with Gasteiger partial charge in [0.2, 0.25) is 0 Å². The average Bonchev–Trinajstić information content (AvgIpc) is 2.08. The van der Waals surface area contributed by atoms with Crippen molar-refractivity contribution in [1.29, 1.82) is 0 Å². The summed E-state index contributed by atoms with van der Waals surface area (Å²) >= 11 is 3.69. The molecule has 0 amide bonds. The lowest BCUT2D eigenvalue weighted by atomic mass is 9.99. The second-order valence-corrected chi connectivity index (χ2v) is 5.02. The Bertz CT molecular complexity index is 139. The van der Waals surface area contributed by atoms with E-state index < -0.39 is 0 Å². The predicted octanol–water partition coefficient (Wildman–Crippen LogP) is 2.60. The highest BCUT2D eigenvalue weighted by Gasteiger charge is 2.22. The Morgan fingerprint density at radius 3 is 2.92 bits per heavy atom. The van der Waals surface area contributed by atoms with E-state index in [4.69, 9.17) is 9.47 Å². The number of ether oxygens (including phenoxy) is 2. The number of rotatable bonds is 4. The van der Waals surface area contributed by atoms with Gasteiger partial charge in [0.05, 0.1) is 12.7 Å². The predicted molar refractivity (Wildman–Crippen MR) is 57.3 cm³/mol. The molecule has 1 aliphatic heterocycles. The molecule has 2 nitrogen and oxygen atoms in total. The minimum absolute atomic E-state index is 0.346. The third kappa shape index (κ3) is 4.43. The first-order chi connectivity index (χ1) is 6.20. The van der Waals surface area contributed by atoms with Gasteiger partial charge in [-0.05, 0) is 32.6 Å². The summed E-state index contributed by atoms with van der Waals surface area (Å²) in [5.74, 6) is 0.632. The van der Waals surface area contributed by atoms with Crippen LogP contribution in [0.25, 0.3) is 0 Å². The van der Waals surface area contributed by atoms with Gasteiger partial charge in [-0.1, -0.05) is 15.9 Å². The quantitative estimate of drug-likeness (QED) is 0.715. The van der Waals surface area contributed by atoms with E-state index >= 15 is 0 Å². The van der Waals surface area contributed by atoms with Crippen LogP contribution in [0.15, 0.2) is 0 Å². The molecule has 0 N–H and O–H groups in total. The Kier molecular flexibility index (Phi) is 5.29. The minimum atomic E-state index is 0.346. The molecule has 2 atom stereocenters. The summed E-state index contributed by atoms with van der Waals surface area (Å²) in [6.07, 6.45) is 2.58. The van der Waals surface area contributed by atoms with Gasteiger partial charge in [-0.25, -0.2) is 0 Å². The summed E-state index contributed by atoms with van der Waals surface area (Å²) in [4.78, 5) is 0.622. The van der Waals surface area contributed by atoms with Gasteiger partial charge in [-0.3, -0.25) is 0 Å². The number of alkyl halides is 1. The molecule has 0 bridgehead atoms. The third-order valence-electron chi connectivity index (χ3n) is 2.32.